The maximum atomic E-state index is 13.3. The first-order valence-electron chi connectivity index (χ1n) is 11.3. The van der Waals surface area contributed by atoms with E-state index in [1.165, 1.54) is 28.6 Å². The average molecular weight is 489 g/mol. The van der Waals surface area contributed by atoms with Gasteiger partial charge in [0.2, 0.25) is 5.89 Å². The van der Waals surface area contributed by atoms with Crippen LogP contribution in [0.1, 0.15) is 33.5 Å². The Morgan fingerprint density at radius 3 is 2.57 bits per heavy atom. The summed E-state index contributed by atoms with van der Waals surface area (Å²) in [6.07, 6.45) is 1.60. The van der Waals surface area contributed by atoms with Crippen molar-refractivity contribution in [3.05, 3.63) is 89.0 Å². The molecule has 9 heteroatoms. The molecule has 0 atom stereocenters. The first kappa shape index (κ1) is 22.8. The fourth-order valence-electron chi connectivity index (χ4n) is 4.17. The number of rotatable bonds is 5. The van der Waals surface area contributed by atoms with E-state index in [4.69, 9.17) is 4.42 Å². The third-order valence-electron chi connectivity index (χ3n) is 6.04. The lowest BCUT2D eigenvalue weighted by Gasteiger charge is -2.30. The standard InChI is InChI=1S/C26H24N4O4S/c1-17-9-10-18(2)22(16-17)25-28-29-26(34-25)27-24(31)20-11-13-21(14-12-20)35(32,33)30-15-5-7-19-6-3-4-8-23(19)30/h3-4,6,8-14,16H,5,7,15H2,1-2H3,(H,27,29,31). The number of aryl methyl sites for hydroxylation is 3. The van der Waals surface area contributed by atoms with Gasteiger partial charge in [-0.3, -0.25) is 14.4 Å². The fourth-order valence-corrected chi connectivity index (χ4v) is 5.71. The average Bonchev–Trinajstić information content (AvgIpc) is 3.33. The molecule has 8 nitrogen and oxygen atoms in total. The summed E-state index contributed by atoms with van der Waals surface area (Å²) in [5.74, 6) is -0.168. The number of carbonyl (C=O) groups is 1. The highest BCUT2D eigenvalue weighted by molar-refractivity contribution is 7.92. The molecule has 5 rings (SSSR count). The third-order valence-corrected chi connectivity index (χ3v) is 7.87. The molecule has 0 saturated carbocycles. The number of fused-ring (bicyclic) bond motifs is 1. The highest BCUT2D eigenvalue weighted by Crippen LogP contribution is 2.32. The number of aromatic nitrogens is 2. The second-order valence-electron chi connectivity index (χ2n) is 8.52. The van der Waals surface area contributed by atoms with Crippen LogP contribution in [0.25, 0.3) is 11.5 Å². The summed E-state index contributed by atoms with van der Waals surface area (Å²) >= 11 is 0. The van der Waals surface area contributed by atoms with Crippen LogP contribution in [0.5, 0.6) is 0 Å². The minimum atomic E-state index is -3.75. The van der Waals surface area contributed by atoms with E-state index in [2.05, 4.69) is 15.5 Å². The zero-order valence-corrected chi connectivity index (χ0v) is 20.2. The Hall–Kier alpha value is -3.98. The molecule has 0 radical (unpaired) electrons. The number of para-hydroxylation sites is 1. The van der Waals surface area contributed by atoms with Gasteiger partial charge in [-0.1, -0.05) is 41.0 Å². The number of benzene rings is 3. The van der Waals surface area contributed by atoms with E-state index in [0.717, 1.165) is 35.1 Å². The summed E-state index contributed by atoms with van der Waals surface area (Å²) in [5, 5.41) is 10.5. The lowest BCUT2D eigenvalue weighted by molar-refractivity contribution is 0.102. The van der Waals surface area contributed by atoms with Gasteiger partial charge in [0.25, 0.3) is 15.9 Å². The SMILES string of the molecule is Cc1ccc(C)c(-c2nnc(NC(=O)c3ccc(S(=O)(=O)N4CCCc5ccccc54)cc3)o2)c1. The van der Waals surface area contributed by atoms with Crippen LogP contribution < -0.4 is 9.62 Å². The van der Waals surface area contributed by atoms with Crippen molar-refractivity contribution in [3.63, 3.8) is 0 Å². The van der Waals surface area contributed by atoms with Gasteiger partial charge >= 0.3 is 6.01 Å². The zero-order chi connectivity index (χ0) is 24.6. The lowest BCUT2D eigenvalue weighted by Crippen LogP contribution is -2.35. The first-order valence-corrected chi connectivity index (χ1v) is 12.7. The van der Waals surface area contributed by atoms with Crippen LogP contribution in [0.3, 0.4) is 0 Å². The van der Waals surface area contributed by atoms with Crippen LogP contribution >= 0.6 is 0 Å². The molecule has 1 aromatic heterocycles. The van der Waals surface area contributed by atoms with Gasteiger partial charge in [0.05, 0.1) is 10.6 Å². The Kier molecular flexibility index (Phi) is 5.86. The molecule has 0 fully saturated rings. The molecule has 35 heavy (non-hydrogen) atoms. The molecular formula is C26H24N4O4S. The van der Waals surface area contributed by atoms with Crippen molar-refractivity contribution in [1.82, 2.24) is 10.2 Å². The van der Waals surface area contributed by atoms with E-state index in [0.29, 0.717) is 18.1 Å². The number of sulfonamides is 1. The third kappa shape index (κ3) is 4.42. The van der Waals surface area contributed by atoms with Crippen molar-refractivity contribution in [1.29, 1.82) is 0 Å². The number of hydrogen-bond acceptors (Lipinski definition) is 6. The summed E-state index contributed by atoms with van der Waals surface area (Å²) in [6.45, 7) is 4.33. The number of nitrogens with one attached hydrogen (secondary N) is 1. The van der Waals surface area contributed by atoms with E-state index in [-0.39, 0.29) is 16.5 Å². The van der Waals surface area contributed by atoms with Crippen molar-refractivity contribution in [3.8, 4) is 11.5 Å². The van der Waals surface area contributed by atoms with Crippen LogP contribution in [0.15, 0.2) is 76.0 Å². The minimum Gasteiger partial charge on any atom is -0.403 e. The normalized spacial score (nSPS) is 13.4. The predicted molar refractivity (Wildman–Crippen MR) is 133 cm³/mol. The lowest BCUT2D eigenvalue weighted by atomic mass is 10.0. The van der Waals surface area contributed by atoms with E-state index in [9.17, 15) is 13.2 Å². The molecule has 3 aromatic carbocycles. The Labute approximate surface area is 203 Å². The molecule has 0 saturated heterocycles. The number of carbonyl (C=O) groups excluding carboxylic acids is 1. The molecule has 0 unspecified atom stereocenters. The molecule has 1 aliphatic rings. The maximum absolute atomic E-state index is 13.3. The molecule has 1 aliphatic heterocycles. The fraction of sp³-hybridized carbons (Fsp3) is 0.192. The van der Waals surface area contributed by atoms with Crippen molar-refractivity contribution >= 4 is 27.6 Å². The summed E-state index contributed by atoms with van der Waals surface area (Å²) in [5.41, 5.74) is 4.82. The highest BCUT2D eigenvalue weighted by Gasteiger charge is 2.29. The predicted octanol–water partition coefficient (Wildman–Crippen LogP) is 4.75. The smallest absolute Gasteiger partial charge is 0.322 e. The van der Waals surface area contributed by atoms with Crippen LogP contribution in [0.4, 0.5) is 11.7 Å². The van der Waals surface area contributed by atoms with Crippen LogP contribution in [-0.4, -0.2) is 31.1 Å². The van der Waals surface area contributed by atoms with Gasteiger partial charge in [0.15, 0.2) is 0 Å². The largest absolute Gasteiger partial charge is 0.403 e. The molecule has 0 aliphatic carbocycles. The quantitative estimate of drug-likeness (QED) is 0.435. The van der Waals surface area contributed by atoms with Gasteiger partial charge in [0, 0.05) is 17.7 Å². The monoisotopic (exact) mass is 488 g/mol. The maximum Gasteiger partial charge on any atom is 0.322 e. The van der Waals surface area contributed by atoms with Crippen LogP contribution in [0.2, 0.25) is 0 Å². The Balaban J connectivity index is 1.33. The number of anilines is 2. The minimum absolute atomic E-state index is 0.0347. The van der Waals surface area contributed by atoms with Crippen molar-refractivity contribution in [2.75, 3.05) is 16.2 Å². The van der Waals surface area contributed by atoms with E-state index in [1.807, 2.05) is 56.3 Å². The zero-order valence-electron chi connectivity index (χ0n) is 19.4. The second kappa shape index (κ2) is 8.99. The van der Waals surface area contributed by atoms with Gasteiger partial charge < -0.3 is 4.42 Å². The Morgan fingerprint density at radius 1 is 1.00 bits per heavy atom. The Morgan fingerprint density at radius 2 is 1.77 bits per heavy atom. The molecule has 1 N–H and O–H groups in total. The molecule has 2 heterocycles. The van der Waals surface area contributed by atoms with E-state index in [1.54, 1.807) is 0 Å². The van der Waals surface area contributed by atoms with Gasteiger partial charge in [-0.2, -0.15) is 0 Å². The van der Waals surface area contributed by atoms with Crippen molar-refractivity contribution < 1.29 is 17.6 Å². The molecule has 0 bridgehead atoms. The van der Waals surface area contributed by atoms with Crippen LogP contribution in [0, 0.1) is 13.8 Å². The molecule has 0 spiro atoms. The molecule has 178 valence electrons. The Bertz CT molecular complexity index is 1510. The highest BCUT2D eigenvalue weighted by atomic mass is 32.2. The van der Waals surface area contributed by atoms with Gasteiger partial charge in [-0.05, 0) is 74.2 Å². The molecule has 1 amide bonds. The number of amides is 1. The summed E-state index contributed by atoms with van der Waals surface area (Å²) in [7, 11) is -3.75. The van der Waals surface area contributed by atoms with E-state index >= 15 is 0 Å². The van der Waals surface area contributed by atoms with Gasteiger partial charge in [0.1, 0.15) is 0 Å². The van der Waals surface area contributed by atoms with Gasteiger partial charge in [-0.25, -0.2) is 8.42 Å². The number of nitrogens with zero attached hydrogens (tertiary/aromatic N) is 3. The number of hydrogen-bond donors (Lipinski definition) is 1. The van der Waals surface area contributed by atoms with Crippen LogP contribution in [-0.2, 0) is 16.4 Å². The van der Waals surface area contributed by atoms with E-state index < -0.39 is 15.9 Å². The summed E-state index contributed by atoms with van der Waals surface area (Å²) in [4.78, 5) is 12.8. The summed E-state index contributed by atoms with van der Waals surface area (Å²) in [6, 6.07) is 19.2. The van der Waals surface area contributed by atoms with Crippen molar-refractivity contribution in [2.24, 2.45) is 0 Å². The first-order chi connectivity index (χ1) is 16.8. The van der Waals surface area contributed by atoms with Crippen molar-refractivity contribution in [2.45, 2.75) is 31.6 Å². The topological polar surface area (TPSA) is 105 Å². The molecule has 4 aromatic rings. The summed E-state index contributed by atoms with van der Waals surface area (Å²) < 4.78 is 33.7. The second-order valence-corrected chi connectivity index (χ2v) is 10.4. The van der Waals surface area contributed by atoms with Gasteiger partial charge in [-0.15, -0.1) is 5.10 Å². The molecular weight excluding hydrogens is 464 g/mol.